The van der Waals surface area contributed by atoms with Crippen LogP contribution in [0.2, 0.25) is 0 Å². The molecule has 0 saturated carbocycles. The summed E-state index contributed by atoms with van der Waals surface area (Å²) in [7, 11) is 0. The number of ether oxygens (including phenoxy) is 1. The highest BCUT2D eigenvalue weighted by molar-refractivity contribution is 5.99. The van der Waals surface area contributed by atoms with Gasteiger partial charge in [0.05, 0.1) is 17.9 Å². The molecule has 0 bridgehead atoms. The van der Waals surface area contributed by atoms with Gasteiger partial charge < -0.3 is 24.7 Å². The van der Waals surface area contributed by atoms with Crippen LogP contribution in [0.1, 0.15) is 62.6 Å². The van der Waals surface area contributed by atoms with Crippen molar-refractivity contribution in [3.8, 4) is 0 Å². The molecule has 0 aliphatic carbocycles. The van der Waals surface area contributed by atoms with Gasteiger partial charge in [-0.2, -0.15) is 0 Å². The third kappa shape index (κ3) is 6.19. The molecular weight excluding hydrogens is 410 g/mol. The highest BCUT2D eigenvalue weighted by Gasteiger charge is 2.39. The fourth-order valence-electron chi connectivity index (χ4n) is 4.28. The molecule has 0 radical (unpaired) electrons. The highest BCUT2D eigenvalue weighted by atomic mass is 16.5. The van der Waals surface area contributed by atoms with Crippen molar-refractivity contribution in [3.63, 3.8) is 0 Å². The monoisotopic (exact) mass is 447 g/mol. The maximum Gasteiger partial charge on any atom is 0.255 e. The van der Waals surface area contributed by atoms with E-state index in [1.165, 1.54) is 6.26 Å². The molecule has 1 aromatic rings. The average molecular weight is 448 g/mol. The number of hydrogen-bond donors (Lipinski definition) is 2. The van der Waals surface area contributed by atoms with Gasteiger partial charge in [-0.3, -0.25) is 14.4 Å². The summed E-state index contributed by atoms with van der Waals surface area (Å²) in [6.07, 6.45) is 4.67. The first-order chi connectivity index (χ1) is 15.3. The second-order valence-corrected chi connectivity index (χ2v) is 9.52. The van der Waals surface area contributed by atoms with Gasteiger partial charge in [-0.25, -0.2) is 0 Å². The fourth-order valence-corrected chi connectivity index (χ4v) is 4.28. The Hall–Kier alpha value is -2.19. The summed E-state index contributed by atoms with van der Waals surface area (Å²) in [6, 6.07) is 0.177. The van der Waals surface area contributed by atoms with Crippen LogP contribution in [0, 0.1) is 18.8 Å². The molecule has 2 aliphatic heterocycles. The van der Waals surface area contributed by atoms with Crippen molar-refractivity contribution in [2.45, 2.75) is 71.6 Å². The van der Waals surface area contributed by atoms with Gasteiger partial charge in [0.15, 0.2) is 5.78 Å². The Bertz CT molecular complexity index is 799. The van der Waals surface area contributed by atoms with Crippen LogP contribution in [0.4, 0.5) is 0 Å². The number of carbonyl (C=O) groups excluding carboxylic acids is 3. The van der Waals surface area contributed by atoms with Gasteiger partial charge in [-0.15, -0.1) is 0 Å². The number of aryl methyl sites for hydroxylation is 1. The number of carbonyl (C=O) groups is 3. The van der Waals surface area contributed by atoms with E-state index in [2.05, 4.69) is 36.3 Å². The van der Waals surface area contributed by atoms with Crippen LogP contribution in [0.3, 0.4) is 0 Å². The first kappa shape index (κ1) is 24.5. The summed E-state index contributed by atoms with van der Waals surface area (Å²) < 4.78 is 10.9. The van der Waals surface area contributed by atoms with E-state index in [9.17, 15) is 14.4 Å². The number of rotatable bonds is 10. The minimum absolute atomic E-state index is 0.0130. The van der Waals surface area contributed by atoms with Gasteiger partial charge >= 0.3 is 0 Å². The Morgan fingerprint density at radius 3 is 2.53 bits per heavy atom. The summed E-state index contributed by atoms with van der Waals surface area (Å²) in [6.45, 7) is 10.8. The van der Waals surface area contributed by atoms with E-state index < -0.39 is 12.1 Å². The lowest BCUT2D eigenvalue weighted by Gasteiger charge is -2.26. The van der Waals surface area contributed by atoms with Crippen LogP contribution >= 0.6 is 0 Å². The molecule has 0 spiro atoms. The molecule has 2 saturated heterocycles. The molecule has 0 aromatic carbocycles. The zero-order chi connectivity index (χ0) is 23.3. The van der Waals surface area contributed by atoms with Gasteiger partial charge in [0.2, 0.25) is 5.91 Å². The van der Waals surface area contributed by atoms with Gasteiger partial charge in [0, 0.05) is 6.54 Å². The molecule has 3 heterocycles. The van der Waals surface area contributed by atoms with E-state index in [0.29, 0.717) is 36.1 Å². The van der Waals surface area contributed by atoms with Crippen molar-refractivity contribution in [3.05, 3.63) is 23.7 Å². The number of nitrogens with zero attached hydrogens (tertiary/aromatic N) is 1. The Balaban J connectivity index is 1.67. The first-order valence-corrected chi connectivity index (χ1v) is 11.8. The van der Waals surface area contributed by atoms with Crippen molar-refractivity contribution >= 4 is 17.6 Å². The van der Waals surface area contributed by atoms with Crippen LogP contribution in [-0.2, 0) is 14.3 Å². The van der Waals surface area contributed by atoms with Crippen molar-refractivity contribution in [1.29, 1.82) is 0 Å². The lowest BCUT2D eigenvalue weighted by atomic mass is 9.91. The Morgan fingerprint density at radius 1 is 1.19 bits per heavy atom. The van der Waals surface area contributed by atoms with E-state index in [1.807, 2.05) is 0 Å². The van der Waals surface area contributed by atoms with Crippen LogP contribution in [-0.4, -0.2) is 66.9 Å². The van der Waals surface area contributed by atoms with E-state index in [1.54, 1.807) is 13.0 Å². The van der Waals surface area contributed by atoms with Crippen LogP contribution in [0.15, 0.2) is 16.7 Å². The number of nitrogens with one attached hydrogen (secondary N) is 2. The molecule has 2 aliphatic rings. The van der Waals surface area contributed by atoms with Gasteiger partial charge in [0.1, 0.15) is 24.5 Å². The summed E-state index contributed by atoms with van der Waals surface area (Å²) in [5, 5.41) is 5.75. The Kier molecular flexibility index (Phi) is 8.48. The van der Waals surface area contributed by atoms with E-state index in [-0.39, 0.29) is 30.3 Å². The van der Waals surface area contributed by atoms with Crippen molar-refractivity contribution < 1.29 is 23.5 Å². The van der Waals surface area contributed by atoms with Crippen molar-refractivity contribution in [1.82, 2.24) is 15.5 Å². The molecule has 2 amide bonds. The third-order valence-electron chi connectivity index (χ3n) is 6.87. The van der Waals surface area contributed by atoms with Crippen molar-refractivity contribution in [2.24, 2.45) is 11.8 Å². The van der Waals surface area contributed by atoms with E-state index in [0.717, 1.165) is 32.4 Å². The standard InChI is InChI=1S/C24H37N3O5/c1-15(2)16(3)7-8-19(25-23(29)18-9-12-31-17(18)4)24(30)26-22-20(28)14-32-21(22)13-27-10-5-6-11-27/h9,12,15-16,19,21-22H,5-8,10-11,13-14H2,1-4H3,(H,25,29)(H,26,30)/t16?,19-,21?,22?/m0/s1. The van der Waals surface area contributed by atoms with Gasteiger partial charge in [0.25, 0.3) is 5.91 Å². The smallest absolute Gasteiger partial charge is 0.255 e. The Labute approximate surface area is 190 Å². The predicted octanol–water partition coefficient (Wildman–Crippen LogP) is 2.31. The molecule has 3 unspecified atom stereocenters. The molecule has 2 N–H and O–H groups in total. The first-order valence-electron chi connectivity index (χ1n) is 11.8. The molecule has 2 fully saturated rings. The predicted molar refractivity (Wildman–Crippen MR) is 120 cm³/mol. The molecule has 4 atom stereocenters. The van der Waals surface area contributed by atoms with Crippen molar-refractivity contribution in [2.75, 3.05) is 26.2 Å². The maximum atomic E-state index is 13.2. The number of furan rings is 1. The third-order valence-corrected chi connectivity index (χ3v) is 6.87. The SMILES string of the molecule is Cc1occc1C(=O)N[C@@H](CCC(C)C(C)C)C(=O)NC1C(=O)COC1CN1CCCC1. The molecule has 8 nitrogen and oxygen atoms in total. The largest absolute Gasteiger partial charge is 0.469 e. The second kappa shape index (κ2) is 11.1. The zero-order valence-electron chi connectivity index (χ0n) is 19.7. The number of amides is 2. The fraction of sp³-hybridized carbons (Fsp3) is 0.708. The molecule has 3 rings (SSSR count). The molecule has 1 aromatic heterocycles. The lowest BCUT2D eigenvalue weighted by Crippen LogP contribution is -2.55. The Morgan fingerprint density at radius 2 is 1.91 bits per heavy atom. The van der Waals surface area contributed by atoms with Gasteiger partial charge in [-0.1, -0.05) is 20.8 Å². The molecule has 178 valence electrons. The van der Waals surface area contributed by atoms with E-state index >= 15 is 0 Å². The average Bonchev–Trinajstić information content (AvgIpc) is 3.49. The normalized spacial score (nSPS) is 23.5. The van der Waals surface area contributed by atoms with Gasteiger partial charge in [-0.05, 0) is 63.6 Å². The van der Waals surface area contributed by atoms with E-state index in [4.69, 9.17) is 9.15 Å². The van der Waals surface area contributed by atoms with Crippen LogP contribution in [0.25, 0.3) is 0 Å². The van der Waals surface area contributed by atoms with Crippen LogP contribution in [0.5, 0.6) is 0 Å². The van der Waals surface area contributed by atoms with Crippen LogP contribution < -0.4 is 10.6 Å². The lowest BCUT2D eigenvalue weighted by molar-refractivity contribution is -0.127. The summed E-state index contributed by atoms with van der Waals surface area (Å²) in [5.41, 5.74) is 0.409. The summed E-state index contributed by atoms with van der Waals surface area (Å²) >= 11 is 0. The zero-order valence-corrected chi connectivity index (χ0v) is 19.7. The topological polar surface area (TPSA) is 101 Å². The highest BCUT2D eigenvalue weighted by Crippen LogP contribution is 2.19. The number of likely N-dealkylation sites (tertiary alicyclic amines) is 1. The molecule has 32 heavy (non-hydrogen) atoms. The number of hydrogen-bond acceptors (Lipinski definition) is 6. The maximum absolute atomic E-state index is 13.2. The number of Topliss-reactive ketones (excluding diaryl/α,β-unsaturated/α-hetero) is 1. The number of ketones is 1. The minimum atomic E-state index is -0.737. The molecule has 8 heteroatoms. The second-order valence-electron chi connectivity index (χ2n) is 9.52. The quantitative estimate of drug-likeness (QED) is 0.571. The summed E-state index contributed by atoms with van der Waals surface area (Å²) in [4.78, 5) is 40.7. The minimum Gasteiger partial charge on any atom is -0.469 e. The molecular formula is C24H37N3O5. The summed E-state index contributed by atoms with van der Waals surface area (Å²) in [5.74, 6) is 0.565.